The normalized spacial score (nSPS) is 13.3. The summed E-state index contributed by atoms with van der Waals surface area (Å²) in [6.07, 6.45) is 6.47. The lowest BCUT2D eigenvalue weighted by Gasteiger charge is -2.29. The van der Waals surface area contributed by atoms with Crippen LogP contribution in [0.2, 0.25) is 0 Å². The molecule has 0 heterocycles. The number of carbonyl (C=O) groups is 2. The molecule has 0 bridgehead atoms. The first-order chi connectivity index (χ1) is 14.1. The molecule has 2 amide bonds. The van der Waals surface area contributed by atoms with Crippen LogP contribution in [0.15, 0.2) is 24.3 Å². The van der Waals surface area contributed by atoms with Crippen molar-refractivity contribution in [2.24, 2.45) is 0 Å². The van der Waals surface area contributed by atoms with Crippen LogP contribution in [0.1, 0.15) is 73.1 Å². The summed E-state index contributed by atoms with van der Waals surface area (Å²) in [5, 5.41) is 14.8. The van der Waals surface area contributed by atoms with Gasteiger partial charge in [0.05, 0.1) is 13.2 Å². The Bertz CT molecular complexity index is 655. The number of nitrogens with one attached hydrogen (secondary N) is 2. The summed E-state index contributed by atoms with van der Waals surface area (Å²) < 4.78 is 10.9. The van der Waals surface area contributed by atoms with E-state index in [2.05, 4.69) is 17.6 Å². The lowest BCUT2D eigenvalue weighted by molar-refractivity contribution is -0.123. The molecule has 0 aliphatic heterocycles. The van der Waals surface area contributed by atoms with E-state index in [4.69, 9.17) is 9.47 Å². The first kappa shape index (κ1) is 25.8. The SMILES string of the molecule is CCCCCCCCOc1ccc(NC(=O)C(C)(CO)NC(=O)OC(C)(C)C)cc1. The number of alkyl carbamates (subject to hydrolysis) is 1. The standard InChI is InChI=1S/C23H38N2O5/c1-6-7-8-9-10-11-16-29-19-14-12-18(13-15-19)24-20(27)23(5,17-26)25-21(28)30-22(2,3)4/h12-15,26H,6-11,16-17H2,1-5H3,(H,24,27)(H,25,28). The van der Waals surface area contributed by atoms with Crippen molar-refractivity contribution in [2.45, 2.75) is 84.3 Å². The van der Waals surface area contributed by atoms with Crippen LogP contribution in [0, 0.1) is 0 Å². The number of ether oxygens (including phenoxy) is 2. The number of aliphatic hydroxyl groups excluding tert-OH is 1. The monoisotopic (exact) mass is 422 g/mol. The van der Waals surface area contributed by atoms with Crippen LogP contribution in [0.3, 0.4) is 0 Å². The minimum atomic E-state index is -1.52. The maximum Gasteiger partial charge on any atom is 0.408 e. The van der Waals surface area contributed by atoms with E-state index in [1.165, 1.54) is 39.0 Å². The molecule has 3 N–H and O–H groups in total. The van der Waals surface area contributed by atoms with Crippen molar-refractivity contribution in [1.29, 1.82) is 0 Å². The van der Waals surface area contributed by atoms with Gasteiger partial charge in [-0.15, -0.1) is 0 Å². The van der Waals surface area contributed by atoms with Gasteiger partial charge in [0.1, 0.15) is 16.9 Å². The number of hydrogen-bond acceptors (Lipinski definition) is 5. The van der Waals surface area contributed by atoms with Crippen molar-refractivity contribution in [3.63, 3.8) is 0 Å². The summed E-state index contributed by atoms with van der Waals surface area (Å²) in [7, 11) is 0. The summed E-state index contributed by atoms with van der Waals surface area (Å²) in [6, 6.07) is 7.01. The zero-order valence-corrected chi connectivity index (χ0v) is 19.0. The van der Waals surface area contributed by atoms with E-state index in [9.17, 15) is 14.7 Å². The molecule has 0 aliphatic carbocycles. The van der Waals surface area contributed by atoms with Gasteiger partial charge in [-0.3, -0.25) is 4.79 Å². The van der Waals surface area contributed by atoms with Crippen molar-refractivity contribution in [3.05, 3.63) is 24.3 Å². The predicted molar refractivity (Wildman–Crippen MR) is 119 cm³/mol. The van der Waals surface area contributed by atoms with Crippen molar-refractivity contribution < 1.29 is 24.2 Å². The molecule has 0 spiro atoms. The molecular weight excluding hydrogens is 384 g/mol. The molecule has 7 heteroatoms. The highest BCUT2D eigenvalue weighted by atomic mass is 16.6. The van der Waals surface area contributed by atoms with Crippen LogP contribution in [-0.2, 0) is 9.53 Å². The Morgan fingerprint density at radius 2 is 1.57 bits per heavy atom. The Labute approximate surface area is 180 Å². The third kappa shape index (κ3) is 9.96. The second-order valence-corrected chi connectivity index (χ2v) is 8.71. The molecule has 0 aromatic heterocycles. The van der Waals surface area contributed by atoms with Gasteiger partial charge >= 0.3 is 6.09 Å². The number of anilines is 1. The topological polar surface area (TPSA) is 96.9 Å². The highest BCUT2D eigenvalue weighted by molar-refractivity contribution is 5.99. The number of benzene rings is 1. The fraction of sp³-hybridized carbons (Fsp3) is 0.652. The number of rotatable bonds is 12. The van der Waals surface area contributed by atoms with Gasteiger partial charge in [0, 0.05) is 5.69 Å². The van der Waals surface area contributed by atoms with E-state index in [-0.39, 0.29) is 0 Å². The minimum Gasteiger partial charge on any atom is -0.494 e. The number of carbonyl (C=O) groups excluding carboxylic acids is 2. The fourth-order valence-electron chi connectivity index (χ4n) is 2.67. The Hall–Kier alpha value is -2.28. The molecule has 1 atom stereocenters. The lowest BCUT2D eigenvalue weighted by Crippen LogP contribution is -2.58. The lowest BCUT2D eigenvalue weighted by atomic mass is 10.0. The van der Waals surface area contributed by atoms with Gasteiger partial charge in [-0.2, -0.15) is 0 Å². The third-order valence-corrected chi connectivity index (χ3v) is 4.47. The van der Waals surface area contributed by atoms with E-state index in [1.54, 1.807) is 45.0 Å². The first-order valence-electron chi connectivity index (χ1n) is 10.8. The van der Waals surface area contributed by atoms with Gasteiger partial charge in [0.25, 0.3) is 5.91 Å². The van der Waals surface area contributed by atoms with Crippen molar-refractivity contribution in [3.8, 4) is 5.75 Å². The second kappa shape index (κ2) is 12.4. The van der Waals surface area contributed by atoms with Crippen LogP contribution in [0.5, 0.6) is 5.75 Å². The molecule has 1 rings (SSSR count). The molecule has 1 aromatic carbocycles. The number of hydrogen-bond donors (Lipinski definition) is 3. The molecule has 0 aliphatic rings. The van der Waals surface area contributed by atoms with Gasteiger partial charge in [-0.1, -0.05) is 39.0 Å². The molecule has 0 radical (unpaired) electrons. The third-order valence-electron chi connectivity index (χ3n) is 4.47. The molecular formula is C23H38N2O5. The Morgan fingerprint density at radius 3 is 2.13 bits per heavy atom. The summed E-state index contributed by atoms with van der Waals surface area (Å²) in [5.74, 6) is 0.190. The minimum absolute atomic E-state index is 0.539. The van der Waals surface area contributed by atoms with Crippen LogP contribution in [-0.4, -0.2) is 41.5 Å². The van der Waals surface area contributed by atoms with Crippen LogP contribution in [0.25, 0.3) is 0 Å². The average molecular weight is 423 g/mol. The van der Waals surface area contributed by atoms with Crippen LogP contribution < -0.4 is 15.4 Å². The zero-order chi connectivity index (χ0) is 22.6. The van der Waals surface area contributed by atoms with Gasteiger partial charge in [0.2, 0.25) is 0 Å². The molecule has 1 unspecified atom stereocenters. The average Bonchev–Trinajstić information content (AvgIpc) is 2.66. The van der Waals surface area contributed by atoms with Crippen molar-refractivity contribution in [1.82, 2.24) is 5.32 Å². The second-order valence-electron chi connectivity index (χ2n) is 8.71. The highest BCUT2D eigenvalue weighted by Crippen LogP contribution is 2.18. The Morgan fingerprint density at radius 1 is 0.967 bits per heavy atom. The molecule has 0 saturated carbocycles. The van der Waals surface area contributed by atoms with Gasteiger partial charge in [-0.05, 0) is 58.4 Å². The van der Waals surface area contributed by atoms with Gasteiger partial charge < -0.3 is 25.2 Å². The Kier molecular flexibility index (Phi) is 10.7. The van der Waals surface area contributed by atoms with Crippen molar-refractivity contribution >= 4 is 17.7 Å². The zero-order valence-electron chi connectivity index (χ0n) is 19.0. The summed E-state index contributed by atoms with van der Waals surface area (Å²) in [4.78, 5) is 24.6. The van der Waals surface area contributed by atoms with Gasteiger partial charge in [-0.25, -0.2) is 4.79 Å². The molecule has 0 fully saturated rings. The quantitative estimate of drug-likeness (QED) is 0.426. The number of unbranched alkanes of at least 4 members (excludes halogenated alkanes) is 5. The smallest absolute Gasteiger partial charge is 0.408 e. The molecule has 0 saturated heterocycles. The predicted octanol–water partition coefficient (Wildman–Crippen LogP) is 4.64. The molecule has 1 aromatic rings. The van der Waals surface area contributed by atoms with E-state index in [0.717, 1.165) is 12.2 Å². The highest BCUT2D eigenvalue weighted by Gasteiger charge is 2.36. The van der Waals surface area contributed by atoms with Gasteiger partial charge in [0.15, 0.2) is 0 Å². The van der Waals surface area contributed by atoms with E-state index < -0.39 is 29.7 Å². The van der Waals surface area contributed by atoms with Crippen molar-refractivity contribution in [2.75, 3.05) is 18.5 Å². The number of amides is 2. The van der Waals surface area contributed by atoms with Crippen LogP contribution in [0.4, 0.5) is 10.5 Å². The van der Waals surface area contributed by atoms with E-state index >= 15 is 0 Å². The maximum absolute atomic E-state index is 12.6. The fourth-order valence-corrected chi connectivity index (χ4v) is 2.67. The van der Waals surface area contributed by atoms with E-state index in [1.807, 2.05) is 0 Å². The van der Waals surface area contributed by atoms with E-state index in [0.29, 0.717) is 12.3 Å². The largest absolute Gasteiger partial charge is 0.494 e. The summed E-state index contributed by atoms with van der Waals surface area (Å²) in [6.45, 7) is 8.90. The Balaban J connectivity index is 2.50. The van der Waals surface area contributed by atoms with Crippen LogP contribution >= 0.6 is 0 Å². The molecule has 7 nitrogen and oxygen atoms in total. The maximum atomic E-state index is 12.6. The molecule has 30 heavy (non-hydrogen) atoms. The summed E-state index contributed by atoms with van der Waals surface area (Å²) in [5.41, 5.74) is -1.69. The number of aliphatic hydroxyl groups is 1. The molecule has 170 valence electrons. The summed E-state index contributed by atoms with van der Waals surface area (Å²) >= 11 is 0. The first-order valence-corrected chi connectivity index (χ1v) is 10.8.